The Bertz CT molecular complexity index is 328. The maximum Gasteiger partial charge on any atom is 0.122 e. The topological polar surface area (TPSA) is 9.23 Å². The van der Waals surface area contributed by atoms with Crippen molar-refractivity contribution in [2.75, 3.05) is 7.11 Å². The Morgan fingerprint density at radius 2 is 2.20 bits per heavy atom. The van der Waals surface area contributed by atoms with Crippen molar-refractivity contribution in [1.82, 2.24) is 0 Å². The Labute approximate surface area is 92.8 Å². The summed E-state index contributed by atoms with van der Waals surface area (Å²) in [4.78, 5) is 0. The van der Waals surface area contributed by atoms with E-state index in [4.69, 9.17) is 4.74 Å². The number of rotatable bonds is 5. The highest BCUT2D eigenvalue weighted by molar-refractivity contribution is 5.39. The molecular weight excluding hydrogens is 184 g/mol. The maximum absolute atomic E-state index is 5.38. The lowest BCUT2D eigenvalue weighted by Gasteiger charge is -2.15. The highest BCUT2D eigenvalue weighted by Crippen LogP contribution is 2.30. The first-order valence-corrected chi connectivity index (χ1v) is 5.50. The second-order valence-corrected chi connectivity index (χ2v) is 3.86. The number of ether oxygens (including phenoxy) is 1. The molecule has 0 aromatic heterocycles. The molecule has 15 heavy (non-hydrogen) atoms. The molecule has 1 aromatic carbocycles. The Morgan fingerprint density at radius 1 is 1.47 bits per heavy atom. The first kappa shape index (κ1) is 11.8. The number of hydrogen-bond acceptors (Lipinski definition) is 1. The van der Waals surface area contributed by atoms with Crippen LogP contribution in [0.4, 0.5) is 0 Å². The van der Waals surface area contributed by atoms with Crippen molar-refractivity contribution in [1.29, 1.82) is 0 Å². The summed E-state index contributed by atoms with van der Waals surface area (Å²) in [6.45, 7) is 8.16. The second-order valence-electron chi connectivity index (χ2n) is 3.86. The van der Waals surface area contributed by atoms with E-state index in [2.05, 4.69) is 38.6 Å². The molecule has 0 fully saturated rings. The van der Waals surface area contributed by atoms with Gasteiger partial charge in [0, 0.05) is 0 Å². The van der Waals surface area contributed by atoms with Crippen molar-refractivity contribution < 1.29 is 4.74 Å². The van der Waals surface area contributed by atoms with Gasteiger partial charge in [-0.05, 0) is 36.0 Å². The number of aryl methyl sites for hydroxylation is 1. The van der Waals surface area contributed by atoms with E-state index in [-0.39, 0.29) is 0 Å². The van der Waals surface area contributed by atoms with Crippen molar-refractivity contribution >= 4 is 0 Å². The largest absolute Gasteiger partial charge is 0.496 e. The van der Waals surface area contributed by atoms with Crippen LogP contribution in [0, 0.1) is 0 Å². The minimum atomic E-state index is 0.476. The normalized spacial score (nSPS) is 12.2. The summed E-state index contributed by atoms with van der Waals surface area (Å²) < 4.78 is 5.38. The van der Waals surface area contributed by atoms with Gasteiger partial charge in [0.25, 0.3) is 0 Å². The fourth-order valence-electron chi connectivity index (χ4n) is 1.77. The molecule has 0 aliphatic rings. The van der Waals surface area contributed by atoms with E-state index in [0.29, 0.717) is 5.92 Å². The smallest absolute Gasteiger partial charge is 0.122 e. The van der Waals surface area contributed by atoms with E-state index in [1.807, 2.05) is 6.08 Å². The van der Waals surface area contributed by atoms with Crippen molar-refractivity contribution in [2.24, 2.45) is 0 Å². The Morgan fingerprint density at radius 3 is 2.73 bits per heavy atom. The van der Waals surface area contributed by atoms with Crippen LogP contribution in [-0.2, 0) is 6.42 Å². The van der Waals surface area contributed by atoms with E-state index >= 15 is 0 Å². The molecule has 0 heterocycles. The zero-order valence-corrected chi connectivity index (χ0v) is 9.92. The lowest BCUT2D eigenvalue weighted by atomic mass is 9.94. The molecule has 1 unspecified atom stereocenters. The zero-order valence-electron chi connectivity index (χ0n) is 9.92. The van der Waals surface area contributed by atoms with Crippen LogP contribution in [0.2, 0.25) is 0 Å². The molecule has 0 saturated heterocycles. The van der Waals surface area contributed by atoms with Gasteiger partial charge in [0.2, 0.25) is 0 Å². The SMILES string of the molecule is C=CCC(C)c1cc(CC)ccc1OC. The van der Waals surface area contributed by atoms with Gasteiger partial charge >= 0.3 is 0 Å². The van der Waals surface area contributed by atoms with Crippen LogP contribution in [0.25, 0.3) is 0 Å². The van der Waals surface area contributed by atoms with E-state index in [1.54, 1.807) is 7.11 Å². The molecule has 0 saturated carbocycles. The summed E-state index contributed by atoms with van der Waals surface area (Å²) in [5.41, 5.74) is 2.65. The summed E-state index contributed by atoms with van der Waals surface area (Å²) in [5.74, 6) is 1.46. The van der Waals surface area contributed by atoms with E-state index in [0.717, 1.165) is 18.6 Å². The minimum absolute atomic E-state index is 0.476. The van der Waals surface area contributed by atoms with Crippen molar-refractivity contribution in [3.05, 3.63) is 42.0 Å². The fraction of sp³-hybridized carbons (Fsp3) is 0.429. The third-order valence-electron chi connectivity index (χ3n) is 2.75. The molecule has 0 radical (unpaired) electrons. The summed E-state index contributed by atoms with van der Waals surface area (Å²) in [6, 6.07) is 6.43. The molecule has 1 heteroatoms. The molecule has 1 rings (SSSR count). The molecule has 1 nitrogen and oxygen atoms in total. The van der Waals surface area contributed by atoms with Crippen LogP contribution in [0.1, 0.15) is 37.3 Å². The summed E-state index contributed by atoms with van der Waals surface area (Å²) in [6.07, 6.45) is 4.02. The van der Waals surface area contributed by atoms with Gasteiger partial charge < -0.3 is 4.74 Å². The van der Waals surface area contributed by atoms with Crippen molar-refractivity contribution in [2.45, 2.75) is 32.6 Å². The lowest BCUT2D eigenvalue weighted by molar-refractivity contribution is 0.406. The van der Waals surface area contributed by atoms with Gasteiger partial charge in [-0.15, -0.1) is 6.58 Å². The van der Waals surface area contributed by atoms with Gasteiger partial charge in [0.05, 0.1) is 7.11 Å². The second kappa shape index (κ2) is 5.59. The third-order valence-corrected chi connectivity index (χ3v) is 2.75. The Kier molecular flexibility index (Phi) is 4.41. The van der Waals surface area contributed by atoms with Crippen molar-refractivity contribution in [3.63, 3.8) is 0 Å². The molecule has 82 valence electrons. The predicted molar refractivity (Wildman–Crippen MR) is 65.6 cm³/mol. The molecule has 0 aliphatic carbocycles. The van der Waals surface area contributed by atoms with Crippen LogP contribution in [0.5, 0.6) is 5.75 Å². The number of methoxy groups -OCH3 is 1. The number of allylic oxidation sites excluding steroid dienone is 1. The van der Waals surface area contributed by atoms with Crippen LogP contribution in [0.3, 0.4) is 0 Å². The minimum Gasteiger partial charge on any atom is -0.496 e. The van der Waals surface area contributed by atoms with Crippen LogP contribution < -0.4 is 4.74 Å². The van der Waals surface area contributed by atoms with Crippen molar-refractivity contribution in [3.8, 4) is 5.75 Å². The highest BCUT2D eigenvalue weighted by atomic mass is 16.5. The molecule has 1 aromatic rings. The molecule has 0 bridgehead atoms. The Hall–Kier alpha value is -1.24. The summed E-state index contributed by atoms with van der Waals surface area (Å²) >= 11 is 0. The zero-order chi connectivity index (χ0) is 11.3. The number of hydrogen-bond donors (Lipinski definition) is 0. The number of benzene rings is 1. The van der Waals surface area contributed by atoms with E-state index in [1.165, 1.54) is 11.1 Å². The molecule has 0 spiro atoms. The van der Waals surface area contributed by atoms with Gasteiger partial charge in [-0.2, -0.15) is 0 Å². The monoisotopic (exact) mass is 204 g/mol. The molecule has 1 atom stereocenters. The quantitative estimate of drug-likeness (QED) is 0.660. The average Bonchev–Trinajstić information content (AvgIpc) is 2.28. The van der Waals surface area contributed by atoms with Gasteiger partial charge in [0.1, 0.15) is 5.75 Å². The fourth-order valence-corrected chi connectivity index (χ4v) is 1.77. The summed E-state index contributed by atoms with van der Waals surface area (Å²) in [7, 11) is 1.73. The van der Waals surface area contributed by atoms with E-state index in [9.17, 15) is 0 Å². The van der Waals surface area contributed by atoms with Gasteiger partial charge in [-0.3, -0.25) is 0 Å². The standard InChI is InChI=1S/C14H20O/c1-5-7-11(3)13-10-12(6-2)8-9-14(13)15-4/h5,8-11H,1,6-7H2,2-4H3. The van der Waals surface area contributed by atoms with Gasteiger partial charge in [0.15, 0.2) is 0 Å². The van der Waals surface area contributed by atoms with Crippen LogP contribution in [0.15, 0.2) is 30.9 Å². The highest BCUT2D eigenvalue weighted by Gasteiger charge is 2.10. The maximum atomic E-state index is 5.38. The first-order valence-electron chi connectivity index (χ1n) is 5.50. The summed E-state index contributed by atoms with van der Waals surface area (Å²) in [5, 5.41) is 0. The predicted octanol–water partition coefficient (Wildman–Crippen LogP) is 3.94. The first-order chi connectivity index (χ1) is 7.22. The molecular formula is C14H20O. The van der Waals surface area contributed by atoms with Crippen LogP contribution in [-0.4, -0.2) is 7.11 Å². The van der Waals surface area contributed by atoms with Gasteiger partial charge in [-0.1, -0.05) is 32.1 Å². The molecule has 0 amide bonds. The third kappa shape index (κ3) is 2.85. The Balaban J connectivity index is 3.04. The lowest BCUT2D eigenvalue weighted by Crippen LogP contribution is -1.98. The molecule has 0 N–H and O–H groups in total. The van der Waals surface area contributed by atoms with Crippen LogP contribution >= 0.6 is 0 Å². The van der Waals surface area contributed by atoms with E-state index < -0.39 is 0 Å². The average molecular weight is 204 g/mol. The van der Waals surface area contributed by atoms with Gasteiger partial charge in [-0.25, -0.2) is 0 Å². The molecule has 0 aliphatic heterocycles.